The van der Waals surface area contributed by atoms with Gasteiger partial charge in [0.2, 0.25) is 0 Å². The molecule has 0 spiro atoms. The molecule has 0 bridgehead atoms. The third-order valence-corrected chi connectivity index (χ3v) is 3.15. The van der Waals surface area contributed by atoms with Crippen LogP contribution in [0.1, 0.15) is 43.7 Å². The van der Waals surface area contributed by atoms with Crippen molar-refractivity contribution in [3.05, 3.63) is 23.0 Å². The lowest BCUT2D eigenvalue weighted by molar-refractivity contribution is 0.0681. The first-order valence-corrected chi connectivity index (χ1v) is 5.45. The minimum atomic E-state index is -0.933. The Morgan fingerprint density at radius 2 is 2.20 bits per heavy atom. The molecule has 1 aromatic rings. The van der Waals surface area contributed by atoms with Crippen LogP contribution in [0.3, 0.4) is 0 Å². The Morgan fingerprint density at radius 3 is 2.67 bits per heavy atom. The van der Waals surface area contributed by atoms with Crippen molar-refractivity contribution < 1.29 is 9.90 Å². The average Bonchev–Trinajstić information content (AvgIpc) is 2.58. The van der Waals surface area contributed by atoms with Crippen LogP contribution in [0, 0.1) is 5.92 Å². The summed E-state index contributed by atoms with van der Waals surface area (Å²) in [6.45, 7) is 6.20. The second kappa shape index (κ2) is 4.71. The second-order valence-electron chi connectivity index (χ2n) is 3.88. The van der Waals surface area contributed by atoms with Gasteiger partial charge in [-0.1, -0.05) is 31.9 Å². The Morgan fingerprint density at radius 1 is 1.60 bits per heavy atom. The molecular weight excluding hydrogens is 214 g/mol. The molecule has 0 saturated carbocycles. The quantitative estimate of drug-likeness (QED) is 0.859. The maximum atomic E-state index is 11.0. The van der Waals surface area contributed by atoms with Crippen molar-refractivity contribution in [2.75, 3.05) is 0 Å². The van der Waals surface area contributed by atoms with Gasteiger partial charge in [0, 0.05) is 12.2 Å². The molecule has 1 aromatic heterocycles. The van der Waals surface area contributed by atoms with Crippen LogP contribution in [-0.4, -0.2) is 15.6 Å². The van der Waals surface area contributed by atoms with Gasteiger partial charge in [0.05, 0.1) is 5.02 Å². The summed E-state index contributed by atoms with van der Waals surface area (Å²) in [6.07, 6.45) is 2.69. The lowest BCUT2D eigenvalue weighted by Crippen LogP contribution is -2.17. The van der Waals surface area contributed by atoms with Gasteiger partial charge in [0.25, 0.3) is 0 Å². The fourth-order valence-corrected chi connectivity index (χ4v) is 1.78. The van der Waals surface area contributed by atoms with Gasteiger partial charge in [-0.05, 0) is 18.9 Å². The number of hydrogen-bond acceptors (Lipinski definition) is 1. The van der Waals surface area contributed by atoms with E-state index in [4.69, 9.17) is 16.7 Å². The van der Waals surface area contributed by atoms with Crippen LogP contribution in [0.2, 0.25) is 5.02 Å². The Labute approximate surface area is 94.7 Å². The molecule has 0 fully saturated rings. The highest BCUT2D eigenvalue weighted by molar-refractivity contribution is 6.30. The van der Waals surface area contributed by atoms with Crippen molar-refractivity contribution in [1.82, 2.24) is 4.57 Å². The van der Waals surface area contributed by atoms with Crippen molar-refractivity contribution in [1.29, 1.82) is 0 Å². The van der Waals surface area contributed by atoms with E-state index in [-0.39, 0.29) is 11.7 Å². The van der Waals surface area contributed by atoms with E-state index in [1.54, 1.807) is 10.8 Å². The van der Waals surface area contributed by atoms with Crippen molar-refractivity contribution in [3.63, 3.8) is 0 Å². The first-order chi connectivity index (χ1) is 6.97. The van der Waals surface area contributed by atoms with Crippen molar-refractivity contribution in [2.24, 2.45) is 5.92 Å². The summed E-state index contributed by atoms with van der Waals surface area (Å²) < 4.78 is 1.73. The van der Waals surface area contributed by atoms with E-state index in [0.717, 1.165) is 6.42 Å². The molecule has 2 atom stereocenters. The summed E-state index contributed by atoms with van der Waals surface area (Å²) in [5.41, 5.74) is 0.257. The molecule has 0 radical (unpaired) electrons. The van der Waals surface area contributed by atoms with E-state index in [0.29, 0.717) is 10.9 Å². The third kappa shape index (κ3) is 2.53. The molecule has 84 valence electrons. The molecule has 0 aliphatic rings. The second-order valence-corrected chi connectivity index (χ2v) is 4.32. The molecule has 1 rings (SSSR count). The van der Waals surface area contributed by atoms with Gasteiger partial charge in [-0.2, -0.15) is 0 Å². The Hall–Kier alpha value is -0.960. The number of nitrogens with zero attached hydrogens (tertiary/aromatic N) is 1. The molecular formula is C11H16ClNO2. The zero-order chi connectivity index (χ0) is 11.6. The number of aromatic carboxylic acids is 1. The molecule has 0 saturated heterocycles. The van der Waals surface area contributed by atoms with Crippen LogP contribution in [-0.2, 0) is 0 Å². The third-order valence-electron chi connectivity index (χ3n) is 2.94. The fourth-order valence-electron chi connectivity index (χ4n) is 1.57. The largest absolute Gasteiger partial charge is 0.477 e. The molecule has 3 nitrogen and oxygen atoms in total. The van der Waals surface area contributed by atoms with Crippen molar-refractivity contribution in [3.8, 4) is 0 Å². The first kappa shape index (κ1) is 12.1. The number of carbonyl (C=O) groups is 1. The summed E-state index contributed by atoms with van der Waals surface area (Å²) in [5, 5.41) is 9.48. The van der Waals surface area contributed by atoms with E-state index in [2.05, 4.69) is 13.8 Å². The topological polar surface area (TPSA) is 42.2 Å². The van der Waals surface area contributed by atoms with Gasteiger partial charge < -0.3 is 9.67 Å². The molecule has 2 unspecified atom stereocenters. The van der Waals surface area contributed by atoms with Crippen LogP contribution in [0.15, 0.2) is 12.3 Å². The minimum absolute atomic E-state index is 0.147. The monoisotopic (exact) mass is 229 g/mol. The molecule has 0 aliphatic heterocycles. The summed E-state index contributed by atoms with van der Waals surface area (Å²) in [5.74, 6) is -0.511. The van der Waals surface area contributed by atoms with E-state index in [1.165, 1.54) is 6.07 Å². The molecule has 0 aliphatic carbocycles. The summed E-state index contributed by atoms with van der Waals surface area (Å²) >= 11 is 5.82. The molecule has 0 aromatic carbocycles. The number of carboxylic acids is 1. The molecule has 1 heterocycles. The van der Waals surface area contributed by atoms with Crippen LogP contribution >= 0.6 is 11.6 Å². The van der Waals surface area contributed by atoms with Crippen LogP contribution in [0.25, 0.3) is 0 Å². The summed E-state index contributed by atoms with van der Waals surface area (Å²) in [7, 11) is 0. The molecule has 4 heteroatoms. The maximum Gasteiger partial charge on any atom is 0.352 e. The van der Waals surface area contributed by atoms with Crippen molar-refractivity contribution >= 4 is 17.6 Å². The van der Waals surface area contributed by atoms with E-state index < -0.39 is 5.97 Å². The fraction of sp³-hybridized carbons (Fsp3) is 0.545. The Kier molecular flexibility index (Phi) is 3.80. The van der Waals surface area contributed by atoms with Crippen LogP contribution in [0.5, 0.6) is 0 Å². The number of aromatic nitrogens is 1. The van der Waals surface area contributed by atoms with Crippen molar-refractivity contribution in [2.45, 2.75) is 33.2 Å². The predicted octanol–water partition coefficient (Wildman–Crippen LogP) is 3.45. The lowest BCUT2D eigenvalue weighted by atomic mass is 10.0. The van der Waals surface area contributed by atoms with E-state index >= 15 is 0 Å². The highest BCUT2D eigenvalue weighted by atomic mass is 35.5. The standard InChI is InChI=1S/C11H16ClNO2/c1-4-7(2)8(3)13-6-9(12)5-10(13)11(14)15/h5-8H,4H2,1-3H3,(H,14,15). The highest BCUT2D eigenvalue weighted by Crippen LogP contribution is 2.25. The Bertz CT molecular complexity index is 359. The Balaban J connectivity index is 3.07. The van der Waals surface area contributed by atoms with Gasteiger partial charge >= 0.3 is 5.97 Å². The summed E-state index contributed by atoms with van der Waals surface area (Å²) in [6, 6.07) is 1.64. The molecule has 15 heavy (non-hydrogen) atoms. The zero-order valence-electron chi connectivity index (χ0n) is 9.20. The first-order valence-electron chi connectivity index (χ1n) is 5.08. The molecule has 0 amide bonds. The normalized spacial score (nSPS) is 14.9. The van der Waals surface area contributed by atoms with E-state index in [9.17, 15) is 4.79 Å². The SMILES string of the molecule is CCC(C)C(C)n1cc(Cl)cc1C(=O)O. The molecule has 1 N–H and O–H groups in total. The van der Waals surface area contributed by atoms with Gasteiger partial charge in [0.1, 0.15) is 5.69 Å². The van der Waals surface area contributed by atoms with Crippen LogP contribution in [0.4, 0.5) is 0 Å². The van der Waals surface area contributed by atoms with Gasteiger partial charge in [-0.25, -0.2) is 4.79 Å². The van der Waals surface area contributed by atoms with Gasteiger partial charge in [0.15, 0.2) is 0 Å². The van der Waals surface area contributed by atoms with Gasteiger partial charge in [-0.3, -0.25) is 0 Å². The smallest absolute Gasteiger partial charge is 0.352 e. The zero-order valence-corrected chi connectivity index (χ0v) is 9.95. The maximum absolute atomic E-state index is 11.0. The van der Waals surface area contributed by atoms with Gasteiger partial charge in [-0.15, -0.1) is 0 Å². The minimum Gasteiger partial charge on any atom is -0.477 e. The number of rotatable bonds is 4. The average molecular weight is 230 g/mol. The van der Waals surface area contributed by atoms with Crippen LogP contribution < -0.4 is 0 Å². The van der Waals surface area contributed by atoms with E-state index in [1.807, 2.05) is 6.92 Å². The summed E-state index contributed by atoms with van der Waals surface area (Å²) in [4.78, 5) is 11.0. The predicted molar refractivity (Wildman–Crippen MR) is 60.6 cm³/mol. The lowest BCUT2D eigenvalue weighted by Gasteiger charge is -2.21. The number of halogens is 1. The number of hydrogen-bond donors (Lipinski definition) is 1. The highest BCUT2D eigenvalue weighted by Gasteiger charge is 2.19. The number of carboxylic acid groups (broad SMARTS) is 1.